The van der Waals surface area contributed by atoms with E-state index in [1.807, 2.05) is 0 Å². The summed E-state index contributed by atoms with van der Waals surface area (Å²) in [6.45, 7) is 0. The zero-order valence-electron chi connectivity index (χ0n) is 7.35. The number of aliphatic carboxylic acids is 1. The summed E-state index contributed by atoms with van der Waals surface area (Å²) in [5.41, 5.74) is 0. The summed E-state index contributed by atoms with van der Waals surface area (Å²) in [6, 6.07) is 0. The normalized spacial score (nSPS) is 10.9. The highest BCUT2D eigenvalue weighted by molar-refractivity contribution is 7.92. The molecule has 1 N–H and O–H groups in total. The minimum Gasteiger partial charge on any atom is -0.480 e. The van der Waals surface area contributed by atoms with Gasteiger partial charge in [-0.15, -0.1) is 0 Å². The summed E-state index contributed by atoms with van der Waals surface area (Å²) in [6.07, 6.45) is 0. The van der Waals surface area contributed by atoms with Gasteiger partial charge in [-0.25, -0.2) is 8.42 Å². The molecule has 7 heteroatoms. The molecule has 76 valence electrons. The van der Waals surface area contributed by atoms with E-state index in [2.05, 4.69) is 0 Å². The van der Waals surface area contributed by atoms with Crippen molar-refractivity contribution in [1.29, 1.82) is 0 Å². The molecule has 0 fully saturated rings. The van der Waals surface area contributed by atoms with Gasteiger partial charge in [-0.1, -0.05) is 0 Å². The number of carboxylic acid groups (broad SMARTS) is 1. The number of carboxylic acids is 1. The van der Waals surface area contributed by atoms with E-state index in [1.165, 1.54) is 14.1 Å². The Morgan fingerprint density at radius 2 is 1.69 bits per heavy atom. The van der Waals surface area contributed by atoms with Crippen LogP contribution in [0.5, 0.6) is 0 Å². The first-order valence-electron chi connectivity index (χ1n) is 3.37. The molecule has 0 saturated carbocycles. The van der Waals surface area contributed by atoms with Gasteiger partial charge in [0.15, 0.2) is 9.84 Å². The Balaban J connectivity index is 4.36. The van der Waals surface area contributed by atoms with Crippen LogP contribution in [0.15, 0.2) is 0 Å². The smallest absolute Gasteiger partial charge is 0.318 e. The van der Waals surface area contributed by atoms with Crippen molar-refractivity contribution in [2.75, 3.05) is 25.6 Å². The third kappa shape index (κ3) is 5.18. The lowest BCUT2D eigenvalue weighted by Crippen LogP contribution is -2.31. The predicted octanol–water partition coefficient (Wildman–Crippen LogP) is -1.43. The van der Waals surface area contributed by atoms with Crippen molar-refractivity contribution in [2.45, 2.75) is 0 Å². The summed E-state index contributed by atoms with van der Waals surface area (Å²) in [5.74, 6) is -3.84. The van der Waals surface area contributed by atoms with Gasteiger partial charge in [0, 0.05) is 14.1 Å². The molecule has 0 aromatic rings. The van der Waals surface area contributed by atoms with Crippen molar-refractivity contribution in [2.24, 2.45) is 0 Å². The summed E-state index contributed by atoms with van der Waals surface area (Å²) in [5, 5.41) is 8.20. The van der Waals surface area contributed by atoms with Gasteiger partial charge in [-0.3, -0.25) is 9.59 Å². The topological polar surface area (TPSA) is 91.8 Å². The number of amides is 1. The van der Waals surface area contributed by atoms with Crippen molar-refractivity contribution in [3.8, 4) is 0 Å². The standard InChI is InChI=1S/C6H11NO5S/c1-7(2)5(8)3-13(11,12)4-6(9)10/h3-4H2,1-2H3,(H,9,10). The van der Waals surface area contributed by atoms with Crippen molar-refractivity contribution >= 4 is 21.7 Å². The minimum absolute atomic E-state index is 0.624. The highest BCUT2D eigenvalue weighted by Gasteiger charge is 2.20. The maximum absolute atomic E-state index is 10.9. The van der Waals surface area contributed by atoms with E-state index >= 15 is 0 Å². The number of sulfone groups is 1. The first-order chi connectivity index (χ1) is 5.74. The maximum Gasteiger partial charge on any atom is 0.318 e. The van der Waals surface area contributed by atoms with Crippen LogP contribution in [0.1, 0.15) is 0 Å². The second-order valence-corrected chi connectivity index (χ2v) is 4.78. The summed E-state index contributed by atoms with van der Waals surface area (Å²) in [4.78, 5) is 22.1. The van der Waals surface area contributed by atoms with Gasteiger partial charge >= 0.3 is 5.97 Å². The Morgan fingerprint density at radius 1 is 1.23 bits per heavy atom. The minimum atomic E-state index is -3.82. The Bertz CT molecular complexity index is 305. The van der Waals surface area contributed by atoms with E-state index < -0.39 is 33.2 Å². The number of carbonyl (C=O) groups excluding carboxylic acids is 1. The summed E-state index contributed by atoms with van der Waals surface area (Å²) < 4.78 is 21.9. The first kappa shape index (κ1) is 11.9. The van der Waals surface area contributed by atoms with Gasteiger partial charge in [0.1, 0.15) is 11.5 Å². The average Bonchev–Trinajstić information content (AvgIpc) is 1.81. The fourth-order valence-electron chi connectivity index (χ4n) is 0.556. The molecule has 0 aliphatic carbocycles. The first-order valence-corrected chi connectivity index (χ1v) is 5.19. The van der Waals surface area contributed by atoms with Gasteiger partial charge < -0.3 is 10.0 Å². The summed E-state index contributed by atoms with van der Waals surface area (Å²) in [7, 11) is -1.01. The second kappa shape index (κ2) is 4.22. The molecular formula is C6H11NO5S. The predicted molar refractivity (Wildman–Crippen MR) is 45.0 cm³/mol. The average molecular weight is 209 g/mol. The lowest BCUT2D eigenvalue weighted by molar-refractivity contribution is -0.134. The zero-order valence-corrected chi connectivity index (χ0v) is 8.17. The van der Waals surface area contributed by atoms with Gasteiger partial charge in [0.25, 0.3) is 0 Å². The van der Waals surface area contributed by atoms with Crippen molar-refractivity contribution < 1.29 is 23.1 Å². The van der Waals surface area contributed by atoms with Crippen molar-refractivity contribution in [3.05, 3.63) is 0 Å². The van der Waals surface area contributed by atoms with E-state index in [0.717, 1.165) is 4.90 Å². The molecule has 0 aliphatic heterocycles. The SMILES string of the molecule is CN(C)C(=O)CS(=O)(=O)CC(=O)O. The third-order valence-corrected chi connectivity index (χ3v) is 2.56. The molecule has 0 aromatic heterocycles. The molecule has 0 aliphatic rings. The molecule has 0 atom stereocenters. The van der Waals surface area contributed by atoms with E-state index in [9.17, 15) is 18.0 Å². The molecule has 13 heavy (non-hydrogen) atoms. The van der Waals surface area contributed by atoms with Gasteiger partial charge in [0.2, 0.25) is 5.91 Å². The van der Waals surface area contributed by atoms with Gasteiger partial charge in [0.05, 0.1) is 0 Å². The Kier molecular flexibility index (Phi) is 3.86. The van der Waals surface area contributed by atoms with Crippen LogP contribution < -0.4 is 0 Å². The molecule has 0 bridgehead atoms. The highest BCUT2D eigenvalue weighted by atomic mass is 32.2. The van der Waals surface area contributed by atoms with E-state index in [1.54, 1.807) is 0 Å². The maximum atomic E-state index is 10.9. The molecule has 6 nitrogen and oxygen atoms in total. The van der Waals surface area contributed by atoms with Crippen LogP contribution in [0, 0.1) is 0 Å². The molecule has 0 spiro atoms. The van der Waals surface area contributed by atoms with Crippen molar-refractivity contribution in [1.82, 2.24) is 4.90 Å². The number of nitrogens with zero attached hydrogens (tertiary/aromatic N) is 1. The quantitative estimate of drug-likeness (QED) is 0.613. The van der Waals surface area contributed by atoms with Gasteiger partial charge in [-0.2, -0.15) is 0 Å². The second-order valence-electron chi connectivity index (χ2n) is 2.71. The molecule has 0 aromatic carbocycles. The van der Waals surface area contributed by atoms with Crippen LogP contribution in [-0.4, -0.2) is 55.9 Å². The molecule has 0 radical (unpaired) electrons. The summed E-state index contributed by atoms with van der Waals surface area (Å²) >= 11 is 0. The lowest BCUT2D eigenvalue weighted by Gasteiger charge is -2.09. The van der Waals surface area contributed by atoms with Crippen LogP contribution in [0.2, 0.25) is 0 Å². The zero-order chi connectivity index (χ0) is 10.6. The van der Waals surface area contributed by atoms with Crippen LogP contribution >= 0.6 is 0 Å². The molecule has 0 saturated heterocycles. The fraction of sp³-hybridized carbons (Fsp3) is 0.667. The fourth-order valence-corrected chi connectivity index (χ4v) is 1.67. The van der Waals surface area contributed by atoms with Crippen LogP contribution in [0.3, 0.4) is 0 Å². The van der Waals surface area contributed by atoms with Crippen LogP contribution in [-0.2, 0) is 19.4 Å². The number of carbonyl (C=O) groups is 2. The number of hydrogen-bond acceptors (Lipinski definition) is 4. The highest BCUT2D eigenvalue weighted by Crippen LogP contribution is 1.92. The number of rotatable bonds is 4. The largest absolute Gasteiger partial charge is 0.480 e. The van der Waals surface area contributed by atoms with Crippen LogP contribution in [0.4, 0.5) is 0 Å². The van der Waals surface area contributed by atoms with Gasteiger partial charge in [-0.05, 0) is 0 Å². The molecule has 0 heterocycles. The molecule has 0 unspecified atom stereocenters. The van der Waals surface area contributed by atoms with E-state index in [4.69, 9.17) is 5.11 Å². The van der Waals surface area contributed by atoms with E-state index in [-0.39, 0.29) is 0 Å². The van der Waals surface area contributed by atoms with Crippen LogP contribution in [0.25, 0.3) is 0 Å². The Labute approximate surface area is 76.1 Å². The number of hydrogen-bond donors (Lipinski definition) is 1. The van der Waals surface area contributed by atoms with E-state index in [0.29, 0.717) is 0 Å². The third-order valence-electron chi connectivity index (χ3n) is 1.19. The molecule has 1 amide bonds. The monoisotopic (exact) mass is 209 g/mol. The Morgan fingerprint density at radius 3 is 2.00 bits per heavy atom. The molecular weight excluding hydrogens is 198 g/mol. The van der Waals surface area contributed by atoms with Crippen molar-refractivity contribution in [3.63, 3.8) is 0 Å². The molecule has 0 rings (SSSR count). The lowest BCUT2D eigenvalue weighted by atomic mass is 10.6. The Hall–Kier alpha value is -1.11.